The van der Waals surface area contributed by atoms with Crippen molar-refractivity contribution in [1.29, 1.82) is 0 Å². The molecule has 0 saturated heterocycles. The molecule has 0 spiro atoms. The molecule has 1 unspecified atom stereocenters. The van der Waals surface area contributed by atoms with Crippen molar-refractivity contribution in [3.05, 3.63) is 47.5 Å². The molecule has 0 bridgehead atoms. The molecule has 2 aromatic rings. The summed E-state index contributed by atoms with van der Waals surface area (Å²) in [4.78, 5) is 4.49. The fourth-order valence-electron chi connectivity index (χ4n) is 3.10. The number of hydrogen-bond donors (Lipinski definition) is 1. The lowest BCUT2D eigenvalue weighted by Gasteiger charge is -2.11. The predicted molar refractivity (Wildman–Crippen MR) is 92.8 cm³/mol. The topological polar surface area (TPSA) is 52.1 Å². The van der Waals surface area contributed by atoms with Crippen molar-refractivity contribution >= 4 is 11.9 Å². The second-order valence-electron chi connectivity index (χ2n) is 5.96. The average Bonchev–Trinajstić information content (AvgIpc) is 3.24. The Hall–Kier alpha value is -2.53. The molecular formula is C19H20N2O3. The van der Waals surface area contributed by atoms with Crippen LogP contribution in [0.3, 0.4) is 0 Å². The molecule has 2 aromatic carbocycles. The van der Waals surface area contributed by atoms with Crippen LogP contribution in [0.5, 0.6) is 17.2 Å². The average molecular weight is 324 g/mol. The Balaban J connectivity index is 1.30. The molecule has 0 radical (unpaired) electrons. The van der Waals surface area contributed by atoms with Crippen LogP contribution >= 0.6 is 0 Å². The molecule has 24 heavy (non-hydrogen) atoms. The molecule has 2 aliphatic heterocycles. The van der Waals surface area contributed by atoms with E-state index in [2.05, 4.69) is 22.4 Å². The third kappa shape index (κ3) is 2.95. The van der Waals surface area contributed by atoms with Crippen LogP contribution in [0.4, 0.5) is 5.69 Å². The molecular weight excluding hydrogens is 304 g/mol. The number of nitrogens with zero attached hydrogens (tertiary/aromatic N) is 1. The summed E-state index contributed by atoms with van der Waals surface area (Å²) in [6.45, 7) is 2.04. The molecule has 5 nitrogen and oxygen atoms in total. The number of ether oxygens (including phenoxy) is 3. The van der Waals surface area contributed by atoms with Gasteiger partial charge in [-0.25, -0.2) is 0 Å². The van der Waals surface area contributed by atoms with Gasteiger partial charge in [0.05, 0.1) is 12.8 Å². The maximum Gasteiger partial charge on any atom is 0.231 e. The number of methoxy groups -OCH3 is 1. The summed E-state index contributed by atoms with van der Waals surface area (Å²) in [7, 11) is 1.69. The van der Waals surface area contributed by atoms with Gasteiger partial charge in [0, 0.05) is 18.7 Å². The van der Waals surface area contributed by atoms with Gasteiger partial charge in [-0.1, -0.05) is 6.07 Å². The lowest BCUT2D eigenvalue weighted by Crippen LogP contribution is -2.17. The van der Waals surface area contributed by atoms with E-state index in [1.54, 1.807) is 7.11 Å². The first-order chi connectivity index (χ1) is 11.8. The fourth-order valence-corrected chi connectivity index (χ4v) is 3.10. The number of nitrogens with one attached hydrogen (secondary N) is 1. The zero-order valence-corrected chi connectivity index (χ0v) is 13.6. The van der Waals surface area contributed by atoms with E-state index in [4.69, 9.17) is 14.2 Å². The Morgan fingerprint density at radius 1 is 1.17 bits per heavy atom. The number of aliphatic imine (C=N–C) groups is 1. The zero-order chi connectivity index (χ0) is 16.4. The molecule has 5 heteroatoms. The van der Waals surface area contributed by atoms with Crippen LogP contribution in [0.1, 0.15) is 23.5 Å². The summed E-state index contributed by atoms with van der Waals surface area (Å²) < 4.78 is 16.1. The summed E-state index contributed by atoms with van der Waals surface area (Å²) in [6.07, 6.45) is 3.04. The summed E-state index contributed by atoms with van der Waals surface area (Å²) in [6, 6.07) is 12.1. The minimum absolute atomic E-state index is 0.316. The van der Waals surface area contributed by atoms with E-state index in [1.165, 1.54) is 11.1 Å². The first-order valence-corrected chi connectivity index (χ1v) is 8.15. The maximum absolute atomic E-state index is 5.41. The van der Waals surface area contributed by atoms with Crippen LogP contribution in [0, 0.1) is 0 Å². The molecule has 0 aromatic heterocycles. The quantitative estimate of drug-likeness (QED) is 0.828. The smallest absolute Gasteiger partial charge is 0.231 e. The van der Waals surface area contributed by atoms with Gasteiger partial charge >= 0.3 is 0 Å². The van der Waals surface area contributed by atoms with E-state index in [0.717, 1.165) is 42.4 Å². The summed E-state index contributed by atoms with van der Waals surface area (Å²) in [5.41, 5.74) is 3.50. The van der Waals surface area contributed by atoms with Gasteiger partial charge in [0.25, 0.3) is 0 Å². The largest absolute Gasteiger partial charge is 0.497 e. The third-order valence-corrected chi connectivity index (χ3v) is 4.43. The van der Waals surface area contributed by atoms with Crippen LogP contribution in [-0.4, -0.2) is 26.7 Å². The molecule has 2 aliphatic rings. The monoisotopic (exact) mass is 324 g/mol. The second-order valence-corrected chi connectivity index (χ2v) is 5.96. The van der Waals surface area contributed by atoms with Gasteiger partial charge in [-0.3, -0.25) is 4.99 Å². The number of benzene rings is 2. The predicted octanol–water partition coefficient (Wildman–Crippen LogP) is 3.40. The lowest BCUT2D eigenvalue weighted by atomic mass is 9.97. The van der Waals surface area contributed by atoms with Gasteiger partial charge in [-0.2, -0.15) is 0 Å². The molecule has 0 aliphatic carbocycles. The first-order valence-electron chi connectivity index (χ1n) is 8.15. The minimum atomic E-state index is 0.316. The van der Waals surface area contributed by atoms with Crippen LogP contribution in [0.2, 0.25) is 0 Å². The van der Waals surface area contributed by atoms with Crippen LogP contribution in [-0.2, 0) is 6.54 Å². The van der Waals surface area contributed by atoms with Crippen molar-refractivity contribution in [1.82, 2.24) is 5.32 Å². The SMILES string of the molecule is COc1ccc2c(c1)C(CCNCc1ccc3c(c1)OCO3)C=N2. The second kappa shape index (κ2) is 6.53. The zero-order valence-electron chi connectivity index (χ0n) is 13.6. The highest BCUT2D eigenvalue weighted by molar-refractivity contribution is 5.81. The van der Waals surface area contributed by atoms with Gasteiger partial charge in [0.1, 0.15) is 5.75 Å². The van der Waals surface area contributed by atoms with Gasteiger partial charge < -0.3 is 19.5 Å². The third-order valence-electron chi connectivity index (χ3n) is 4.43. The Bertz CT molecular complexity index is 773. The molecule has 124 valence electrons. The number of hydrogen-bond acceptors (Lipinski definition) is 5. The van der Waals surface area contributed by atoms with E-state index < -0.39 is 0 Å². The van der Waals surface area contributed by atoms with E-state index in [9.17, 15) is 0 Å². The van der Waals surface area contributed by atoms with Crippen LogP contribution in [0.25, 0.3) is 0 Å². The van der Waals surface area contributed by atoms with E-state index in [1.807, 2.05) is 30.5 Å². The van der Waals surface area contributed by atoms with E-state index in [0.29, 0.717) is 12.7 Å². The molecule has 1 N–H and O–H groups in total. The lowest BCUT2D eigenvalue weighted by molar-refractivity contribution is 0.174. The summed E-state index contributed by atoms with van der Waals surface area (Å²) >= 11 is 0. The van der Waals surface area contributed by atoms with E-state index in [-0.39, 0.29) is 0 Å². The first kappa shape index (κ1) is 15.0. The van der Waals surface area contributed by atoms with Gasteiger partial charge in [0.2, 0.25) is 6.79 Å². The van der Waals surface area contributed by atoms with Crippen molar-refractivity contribution in [3.63, 3.8) is 0 Å². The Morgan fingerprint density at radius 2 is 2.08 bits per heavy atom. The number of fused-ring (bicyclic) bond motifs is 2. The molecule has 0 amide bonds. The minimum Gasteiger partial charge on any atom is -0.497 e. The normalized spacial score (nSPS) is 17.1. The Labute approximate surface area is 141 Å². The molecule has 4 rings (SSSR count). The highest BCUT2D eigenvalue weighted by atomic mass is 16.7. The fraction of sp³-hybridized carbons (Fsp3) is 0.316. The highest BCUT2D eigenvalue weighted by Gasteiger charge is 2.19. The van der Waals surface area contributed by atoms with Crippen LogP contribution < -0.4 is 19.5 Å². The van der Waals surface area contributed by atoms with Crippen molar-refractivity contribution < 1.29 is 14.2 Å². The Morgan fingerprint density at radius 3 is 3.00 bits per heavy atom. The molecule has 0 saturated carbocycles. The number of rotatable bonds is 6. The molecule has 2 heterocycles. The van der Waals surface area contributed by atoms with Gasteiger partial charge in [-0.05, 0) is 54.4 Å². The highest BCUT2D eigenvalue weighted by Crippen LogP contribution is 2.36. The maximum atomic E-state index is 5.41. The van der Waals surface area contributed by atoms with Gasteiger partial charge in [0.15, 0.2) is 11.5 Å². The molecule has 1 atom stereocenters. The summed E-state index contributed by atoms with van der Waals surface area (Å²) in [5, 5.41) is 3.49. The van der Waals surface area contributed by atoms with Crippen LogP contribution in [0.15, 0.2) is 41.4 Å². The van der Waals surface area contributed by atoms with Crippen molar-refractivity contribution in [2.45, 2.75) is 18.9 Å². The summed E-state index contributed by atoms with van der Waals surface area (Å²) in [5.74, 6) is 2.89. The van der Waals surface area contributed by atoms with Crippen molar-refractivity contribution in [3.8, 4) is 17.2 Å². The molecule has 0 fully saturated rings. The van der Waals surface area contributed by atoms with Crippen molar-refractivity contribution in [2.75, 3.05) is 20.4 Å². The van der Waals surface area contributed by atoms with Crippen molar-refractivity contribution in [2.24, 2.45) is 4.99 Å². The van der Waals surface area contributed by atoms with E-state index >= 15 is 0 Å². The standard InChI is InChI=1S/C19H20N2O3/c1-22-15-3-4-17-16(9-15)14(11-21-17)6-7-20-10-13-2-5-18-19(8-13)24-12-23-18/h2-5,8-9,11,14,20H,6-7,10,12H2,1H3. The van der Waals surface area contributed by atoms with Gasteiger partial charge in [-0.15, -0.1) is 0 Å². The Kier molecular flexibility index (Phi) is 4.09.